The fraction of sp³-hybridized carbons (Fsp3) is 0.778. The molecule has 0 unspecified atom stereocenters. The van der Waals surface area contributed by atoms with Crippen molar-refractivity contribution >= 4 is 5.91 Å². The van der Waals surface area contributed by atoms with Crippen molar-refractivity contribution in [2.75, 3.05) is 20.1 Å². The number of likely N-dealkylation sites (tertiary alicyclic amines) is 1. The number of nitrogens with zero attached hydrogens (tertiary/aromatic N) is 4. The van der Waals surface area contributed by atoms with Gasteiger partial charge < -0.3 is 14.6 Å². The van der Waals surface area contributed by atoms with Crippen LogP contribution in [-0.4, -0.2) is 68.7 Å². The Hall–Kier alpha value is -1.40. The molecule has 1 saturated heterocycles. The molecule has 1 aromatic heterocycles. The highest BCUT2D eigenvalue weighted by atomic mass is 16.3. The summed E-state index contributed by atoms with van der Waals surface area (Å²) in [6.45, 7) is 3.00. The SMILES string of the molecule is CN(C(=O)CCCn1ccnc1)[C@@H]1CCC[C@@H](N2CCCC2)[C@@H]1O. The number of rotatable bonds is 6. The van der Waals surface area contributed by atoms with Crippen molar-refractivity contribution in [1.82, 2.24) is 19.4 Å². The van der Waals surface area contributed by atoms with Crippen LogP contribution in [0.4, 0.5) is 0 Å². The largest absolute Gasteiger partial charge is 0.389 e. The average molecular weight is 334 g/mol. The molecular weight excluding hydrogens is 304 g/mol. The van der Waals surface area contributed by atoms with Gasteiger partial charge in [0.2, 0.25) is 5.91 Å². The van der Waals surface area contributed by atoms with Crippen molar-refractivity contribution in [3.63, 3.8) is 0 Å². The Balaban J connectivity index is 1.50. The molecule has 1 aromatic rings. The standard InChI is InChI=1S/C18H30N4O2/c1-20(17(23)8-5-10-21-13-9-19-14-21)15-6-4-7-16(18(15)24)22-11-2-3-12-22/h9,13-16,18,24H,2-8,10-12H2,1H3/t15-,16-,18-/m1/s1. The summed E-state index contributed by atoms with van der Waals surface area (Å²) in [7, 11) is 1.86. The lowest BCUT2D eigenvalue weighted by atomic mass is 9.86. The third-order valence-electron chi connectivity index (χ3n) is 5.65. The van der Waals surface area contributed by atoms with E-state index in [4.69, 9.17) is 0 Å². The molecule has 2 aliphatic rings. The van der Waals surface area contributed by atoms with Crippen LogP contribution in [0, 0.1) is 0 Å². The monoisotopic (exact) mass is 334 g/mol. The molecule has 0 radical (unpaired) electrons. The Morgan fingerprint density at radius 1 is 1.29 bits per heavy atom. The first-order chi connectivity index (χ1) is 11.7. The molecule has 6 nitrogen and oxygen atoms in total. The zero-order valence-electron chi connectivity index (χ0n) is 14.7. The summed E-state index contributed by atoms with van der Waals surface area (Å²) in [6, 6.07) is 0.192. The molecule has 1 N–H and O–H groups in total. The van der Waals surface area contributed by atoms with Gasteiger partial charge in [-0.05, 0) is 51.6 Å². The molecule has 134 valence electrons. The van der Waals surface area contributed by atoms with Gasteiger partial charge in [-0.3, -0.25) is 9.69 Å². The Bertz CT molecular complexity index is 513. The Morgan fingerprint density at radius 3 is 2.79 bits per heavy atom. The van der Waals surface area contributed by atoms with Crippen LogP contribution in [-0.2, 0) is 11.3 Å². The first-order valence-corrected chi connectivity index (χ1v) is 9.30. The summed E-state index contributed by atoms with van der Waals surface area (Å²) in [5.74, 6) is 0.140. The van der Waals surface area contributed by atoms with Crippen LogP contribution in [0.25, 0.3) is 0 Å². The lowest BCUT2D eigenvalue weighted by molar-refractivity contribution is -0.137. The van der Waals surface area contributed by atoms with Crippen LogP contribution < -0.4 is 0 Å². The van der Waals surface area contributed by atoms with Crippen molar-refractivity contribution in [3.8, 4) is 0 Å². The van der Waals surface area contributed by atoms with Gasteiger partial charge in [-0.25, -0.2) is 4.98 Å². The van der Waals surface area contributed by atoms with Crippen molar-refractivity contribution in [2.24, 2.45) is 0 Å². The highest BCUT2D eigenvalue weighted by Gasteiger charge is 2.39. The van der Waals surface area contributed by atoms with Gasteiger partial charge in [-0.2, -0.15) is 0 Å². The van der Waals surface area contributed by atoms with Gasteiger partial charge in [-0.1, -0.05) is 0 Å². The van der Waals surface area contributed by atoms with Gasteiger partial charge in [0, 0.05) is 38.4 Å². The second-order valence-electron chi connectivity index (χ2n) is 7.21. The maximum absolute atomic E-state index is 12.5. The van der Waals surface area contributed by atoms with Gasteiger partial charge >= 0.3 is 0 Å². The van der Waals surface area contributed by atoms with E-state index in [-0.39, 0.29) is 18.0 Å². The fourth-order valence-electron chi connectivity index (χ4n) is 4.22. The number of aliphatic hydroxyl groups is 1. The molecule has 1 aliphatic carbocycles. The molecule has 2 heterocycles. The predicted octanol–water partition coefficient (Wildman–Crippen LogP) is 1.50. The first-order valence-electron chi connectivity index (χ1n) is 9.30. The molecule has 2 fully saturated rings. The third-order valence-corrected chi connectivity index (χ3v) is 5.65. The highest BCUT2D eigenvalue weighted by Crippen LogP contribution is 2.29. The van der Waals surface area contributed by atoms with E-state index in [0.717, 1.165) is 45.3 Å². The maximum Gasteiger partial charge on any atom is 0.222 e. The topological polar surface area (TPSA) is 61.6 Å². The van der Waals surface area contributed by atoms with Gasteiger partial charge in [-0.15, -0.1) is 0 Å². The summed E-state index contributed by atoms with van der Waals surface area (Å²) >= 11 is 0. The zero-order valence-corrected chi connectivity index (χ0v) is 14.7. The number of hydrogen-bond acceptors (Lipinski definition) is 4. The normalized spacial score (nSPS) is 28.2. The molecule has 1 saturated carbocycles. The minimum Gasteiger partial charge on any atom is -0.389 e. The highest BCUT2D eigenvalue weighted by molar-refractivity contribution is 5.76. The fourth-order valence-corrected chi connectivity index (χ4v) is 4.22. The third kappa shape index (κ3) is 3.98. The molecule has 0 bridgehead atoms. The van der Waals surface area contributed by atoms with Crippen LogP contribution in [0.5, 0.6) is 0 Å². The van der Waals surface area contributed by atoms with Gasteiger partial charge in [0.25, 0.3) is 0 Å². The lowest BCUT2D eigenvalue weighted by Crippen LogP contribution is -2.56. The van der Waals surface area contributed by atoms with Gasteiger partial charge in [0.1, 0.15) is 0 Å². The molecule has 1 amide bonds. The molecule has 0 aromatic carbocycles. The van der Waals surface area contributed by atoms with Crippen molar-refractivity contribution in [1.29, 1.82) is 0 Å². The van der Waals surface area contributed by atoms with E-state index < -0.39 is 6.10 Å². The van der Waals surface area contributed by atoms with E-state index in [2.05, 4.69) is 9.88 Å². The number of aryl methyl sites for hydroxylation is 1. The lowest BCUT2D eigenvalue weighted by Gasteiger charge is -2.43. The van der Waals surface area contributed by atoms with Crippen LogP contribution in [0.2, 0.25) is 0 Å². The average Bonchev–Trinajstić information content (AvgIpc) is 3.28. The second kappa shape index (κ2) is 8.12. The molecule has 0 spiro atoms. The molecule has 3 atom stereocenters. The zero-order chi connectivity index (χ0) is 16.9. The molecule has 1 aliphatic heterocycles. The summed E-state index contributed by atoms with van der Waals surface area (Å²) in [4.78, 5) is 20.8. The number of amides is 1. The maximum atomic E-state index is 12.5. The molecule has 24 heavy (non-hydrogen) atoms. The Kier molecular flexibility index (Phi) is 5.89. The Morgan fingerprint density at radius 2 is 2.08 bits per heavy atom. The van der Waals surface area contributed by atoms with E-state index in [1.165, 1.54) is 12.8 Å². The van der Waals surface area contributed by atoms with E-state index in [9.17, 15) is 9.90 Å². The van der Waals surface area contributed by atoms with E-state index >= 15 is 0 Å². The molecular formula is C18H30N4O2. The summed E-state index contributed by atoms with van der Waals surface area (Å²) in [6.07, 6.45) is 11.9. The predicted molar refractivity (Wildman–Crippen MR) is 92.5 cm³/mol. The first kappa shape index (κ1) is 17.4. The van der Waals surface area contributed by atoms with Crippen molar-refractivity contribution in [3.05, 3.63) is 18.7 Å². The number of aromatic nitrogens is 2. The minimum atomic E-state index is -0.417. The van der Waals surface area contributed by atoms with Crippen LogP contribution in [0.15, 0.2) is 18.7 Å². The number of imidazole rings is 1. The van der Waals surface area contributed by atoms with Crippen LogP contribution in [0.3, 0.4) is 0 Å². The quantitative estimate of drug-likeness (QED) is 0.856. The number of likely N-dealkylation sites (N-methyl/N-ethyl adjacent to an activating group) is 1. The molecule has 3 rings (SSSR count). The van der Waals surface area contributed by atoms with E-state index in [1.54, 1.807) is 17.4 Å². The van der Waals surface area contributed by atoms with E-state index in [1.807, 2.05) is 17.8 Å². The smallest absolute Gasteiger partial charge is 0.222 e. The van der Waals surface area contributed by atoms with Crippen LogP contribution in [0.1, 0.15) is 44.9 Å². The summed E-state index contributed by atoms with van der Waals surface area (Å²) < 4.78 is 1.99. The summed E-state index contributed by atoms with van der Waals surface area (Å²) in [5, 5.41) is 10.8. The number of aliphatic hydroxyl groups excluding tert-OH is 1. The number of hydrogen-bond donors (Lipinski definition) is 1. The number of carbonyl (C=O) groups is 1. The van der Waals surface area contributed by atoms with Gasteiger partial charge in [0.05, 0.1) is 18.5 Å². The van der Waals surface area contributed by atoms with Crippen molar-refractivity contribution < 1.29 is 9.90 Å². The van der Waals surface area contributed by atoms with Gasteiger partial charge in [0.15, 0.2) is 0 Å². The Labute approximate surface area is 144 Å². The number of carbonyl (C=O) groups excluding carboxylic acids is 1. The second-order valence-corrected chi connectivity index (χ2v) is 7.21. The minimum absolute atomic E-state index is 0.0369. The summed E-state index contributed by atoms with van der Waals surface area (Å²) in [5.41, 5.74) is 0. The van der Waals surface area contributed by atoms with Crippen molar-refractivity contribution in [2.45, 2.75) is 69.7 Å². The van der Waals surface area contributed by atoms with E-state index in [0.29, 0.717) is 6.42 Å². The molecule has 6 heteroatoms. The van der Waals surface area contributed by atoms with Crippen LogP contribution >= 0.6 is 0 Å².